The molecule has 3 aromatic carbocycles. The first-order valence-corrected chi connectivity index (χ1v) is 14.9. The van der Waals surface area contributed by atoms with Crippen molar-refractivity contribution >= 4 is 17.3 Å². The number of hydrogen-bond acceptors (Lipinski definition) is 12. The zero-order chi connectivity index (χ0) is 33.1. The van der Waals surface area contributed by atoms with Crippen molar-refractivity contribution in [3.05, 3.63) is 87.0 Å². The number of carbonyl (C=O) groups is 3. The first kappa shape index (κ1) is 31.8. The number of phenolic OH excluding ortho intramolecular Hbond substituents is 2. The third-order valence-corrected chi connectivity index (χ3v) is 9.24. The number of aromatic hydroxyl groups is 2. The molecule has 0 spiro atoms. The minimum atomic E-state index is -2.26. The fourth-order valence-electron chi connectivity index (χ4n) is 6.85. The van der Waals surface area contributed by atoms with Crippen LogP contribution in [0.2, 0.25) is 0 Å². The molecule has 3 aromatic rings. The molecule has 6 atom stereocenters. The lowest BCUT2D eigenvalue weighted by atomic mass is 9.71. The van der Waals surface area contributed by atoms with Gasteiger partial charge in [-0.2, -0.15) is 0 Å². The Morgan fingerprint density at radius 3 is 2.39 bits per heavy atom. The summed E-state index contributed by atoms with van der Waals surface area (Å²) in [6.45, 7) is 0.557. The zero-order valence-electron chi connectivity index (χ0n) is 25.2. The Balaban J connectivity index is 1.49. The van der Waals surface area contributed by atoms with Gasteiger partial charge in [-0.15, -0.1) is 0 Å². The Bertz CT molecular complexity index is 1730. The topological polar surface area (TPSA) is 206 Å². The van der Waals surface area contributed by atoms with Gasteiger partial charge in [-0.1, -0.05) is 36.4 Å². The molecule has 12 heteroatoms. The predicted octanol–water partition coefficient (Wildman–Crippen LogP) is 1.59. The largest absolute Gasteiger partial charge is 0.507 e. The van der Waals surface area contributed by atoms with Crippen LogP contribution in [0.25, 0.3) is 0 Å². The molecule has 0 aromatic heterocycles. The number of Topliss-reactive ketones (excluding diaryl/α,β-unsaturated/α-hetero) is 1. The average Bonchev–Trinajstić information content (AvgIpc) is 3.03. The van der Waals surface area contributed by atoms with Gasteiger partial charge in [0.2, 0.25) is 5.78 Å². The van der Waals surface area contributed by atoms with Crippen LogP contribution >= 0.6 is 0 Å². The molecule has 7 N–H and O–H groups in total. The molecule has 1 aliphatic heterocycles. The number of methoxy groups -OCH3 is 1. The van der Waals surface area contributed by atoms with E-state index in [4.69, 9.17) is 19.9 Å². The van der Waals surface area contributed by atoms with Crippen LogP contribution in [0.15, 0.2) is 42.5 Å². The summed E-state index contributed by atoms with van der Waals surface area (Å²) >= 11 is 0. The monoisotopic (exact) mass is 633 g/mol. The highest BCUT2D eigenvalue weighted by atomic mass is 16.7. The van der Waals surface area contributed by atoms with Crippen LogP contribution in [-0.4, -0.2) is 86.7 Å². The summed E-state index contributed by atoms with van der Waals surface area (Å²) in [6.07, 6.45) is -4.84. The van der Waals surface area contributed by atoms with Crippen LogP contribution in [0.3, 0.4) is 0 Å². The second kappa shape index (κ2) is 11.9. The summed E-state index contributed by atoms with van der Waals surface area (Å²) in [7, 11) is 1.37. The fourth-order valence-corrected chi connectivity index (χ4v) is 6.85. The van der Waals surface area contributed by atoms with Gasteiger partial charge in [-0.05, 0) is 24.1 Å². The number of aliphatic hydroxyl groups is 3. The summed E-state index contributed by atoms with van der Waals surface area (Å²) < 4.78 is 17.5. The van der Waals surface area contributed by atoms with E-state index < -0.39 is 95.7 Å². The van der Waals surface area contributed by atoms with Crippen molar-refractivity contribution in [2.45, 2.75) is 68.9 Å². The van der Waals surface area contributed by atoms with Crippen molar-refractivity contribution in [2.24, 2.45) is 5.73 Å². The maximum atomic E-state index is 14.2. The minimum absolute atomic E-state index is 0.00752. The molecular formula is C34H35NO11. The molecule has 12 nitrogen and oxygen atoms in total. The Kier molecular flexibility index (Phi) is 8.21. The maximum Gasteiger partial charge on any atom is 0.202 e. The third kappa shape index (κ3) is 5.07. The van der Waals surface area contributed by atoms with E-state index in [1.807, 2.05) is 30.3 Å². The van der Waals surface area contributed by atoms with Crippen molar-refractivity contribution in [3.63, 3.8) is 0 Å². The molecule has 6 rings (SSSR count). The molecule has 0 bridgehead atoms. The maximum absolute atomic E-state index is 14.2. The van der Waals surface area contributed by atoms with Crippen LogP contribution in [0, 0.1) is 0 Å². The normalized spacial score (nSPS) is 27.0. The number of ketones is 3. The first-order chi connectivity index (χ1) is 21.9. The van der Waals surface area contributed by atoms with Crippen LogP contribution in [0.5, 0.6) is 17.2 Å². The lowest BCUT2D eigenvalue weighted by molar-refractivity contribution is -0.247. The van der Waals surface area contributed by atoms with Gasteiger partial charge >= 0.3 is 0 Å². The van der Waals surface area contributed by atoms with Crippen LogP contribution in [-0.2, 0) is 27.1 Å². The van der Waals surface area contributed by atoms with Gasteiger partial charge in [0.1, 0.15) is 29.5 Å². The van der Waals surface area contributed by atoms with Gasteiger partial charge in [0.05, 0.1) is 42.1 Å². The Labute approximate surface area is 264 Å². The summed E-state index contributed by atoms with van der Waals surface area (Å²) in [5.41, 5.74) is 3.96. The molecule has 1 saturated heterocycles. The van der Waals surface area contributed by atoms with E-state index in [1.54, 1.807) is 13.0 Å². The summed E-state index contributed by atoms with van der Waals surface area (Å²) in [5.74, 6) is -3.74. The average molecular weight is 634 g/mol. The van der Waals surface area contributed by atoms with Crippen LogP contribution in [0.1, 0.15) is 80.0 Å². The lowest BCUT2D eigenvalue weighted by Crippen LogP contribution is -2.53. The molecule has 0 unspecified atom stereocenters. The van der Waals surface area contributed by atoms with E-state index in [2.05, 4.69) is 0 Å². The summed E-state index contributed by atoms with van der Waals surface area (Å²) in [4.78, 5) is 41.0. The van der Waals surface area contributed by atoms with Gasteiger partial charge in [0.15, 0.2) is 17.9 Å². The molecule has 0 saturated carbocycles. The number of ether oxygens (including phenoxy) is 3. The number of nitrogens with two attached hydrogens (primary N) is 1. The molecule has 2 aliphatic carbocycles. The van der Waals surface area contributed by atoms with Gasteiger partial charge in [-0.3, -0.25) is 14.4 Å². The van der Waals surface area contributed by atoms with Crippen LogP contribution < -0.4 is 10.5 Å². The number of aliphatic hydroxyl groups excluding tert-OH is 2. The highest BCUT2D eigenvalue weighted by molar-refractivity contribution is 6.31. The molecule has 1 fully saturated rings. The number of benzene rings is 3. The zero-order valence-corrected chi connectivity index (χ0v) is 25.2. The Morgan fingerprint density at radius 2 is 1.74 bits per heavy atom. The van der Waals surface area contributed by atoms with Crippen LogP contribution in [0.4, 0.5) is 0 Å². The highest BCUT2D eigenvalue weighted by Gasteiger charge is 2.50. The molecule has 3 aliphatic rings. The lowest BCUT2D eigenvalue weighted by Gasteiger charge is -2.42. The SMILES string of the molecule is COc1c(Cc2ccccc2)ccc2c1C(=O)c1c(O)c3c(c(O)c1C2=O)C[C@@](O)(C(=O)CO)C[C@@H]3O[C@H]1C[C@H](N)[C@H](O)[C@H](C)O1. The smallest absolute Gasteiger partial charge is 0.202 e. The first-order valence-electron chi connectivity index (χ1n) is 14.9. The van der Waals surface area contributed by atoms with Gasteiger partial charge in [-0.25, -0.2) is 0 Å². The number of hydrogen-bond donors (Lipinski definition) is 6. The van der Waals surface area contributed by atoms with E-state index in [0.717, 1.165) is 5.56 Å². The van der Waals surface area contributed by atoms with E-state index in [9.17, 15) is 39.9 Å². The van der Waals surface area contributed by atoms with E-state index >= 15 is 0 Å². The van der Waals surface area contributed by atoms with Crippen molar-refractivity contribution < 1.29 is 54.1 Å². The fraction of sp³-hybridized carbons (Fsp3) is 0.382. The summed E-state index contributed by atoms with van der Waals surface area (Å²) in [5, 5.41) is 54.6. The number of carbonyl (C=O) groups excluding carboxylic acids is 3. The Hall–Kier alpha value is -4.17. The standard InChI is InChI=1S/C34H35NO11/c1-15-28(38)20(35)11-23(45-15)46-21-13-34(43,22(37)14-36)12-19-24(21)31(41)27-26(30(19)40)29(39)18-9-8-17(10-16-6-4-3-5-7-16)33(44-2)25(18)32(27)42/h3-9,15,20-21,23,28,36,38,40-41,43H,10-14,35H2,1-2H3/t15-,20-,21-,23-,28+,34-/m0/s1. The van der Waals surface area contributed by atoms with Crippen molar-refractivity contribution in [1.82, 2.24) is 0 Å². The molecule has 1 heterocycles. The number of rotatable bonds is 7. The van der Waals surface area contributed by atoms with E-state index in [1.165, 1.54) is 13.2 Å². The van der Waals surface area contributed by atoms with Crippen molar-refractivity contribution in [2.75, 3.05) is 13.7 Å². The number of phenols is 2. The van der Waals surface area contributed by atoms with E-state index in [-0.39, 0.29) is 34.4 Å². The van der Waals surface area contributed by atoms with Gasteiger partial charge in [0, 0.05) is 48.4 Å². The quantitative estimate of drug-likeness (QED) is 0.161. The minimum Gasteiger partial charge on any atom is -0.507 e. The molecule has 242 valence electrons. The molecule has 0 amide bonds. The van der Waals surface area contributed by atoms with Gasteiger partial charge in [0.25, 0.3) is 0 Å². The van der Waals surface area contributed by atoms with Gasteiger partial charge < -0.3 is 45.5 Å². The molecule has 0 radical (unpaired) electrons. The van der Waals surface area contributed by atoms with Crippen molar-refractivity contribution in [1.29, 1.82) is 0 Å². The second-order valence-electron chi connectivity index (χ2n) is 12.1. The third-order valence-electron chi connectivity index (χ3n) is 9.24. The number of fused-ring (bicyclic) bond motifs is 3. The summed E-state index contributed by atoms with van der Waals surface area (Å²) in [6, 6.07) is 11.8. The second-order valence-corrected chi connectivity index (χ2v) is 12.1. The van der Waals surface area contributed by atoms with Crippen molar-refractivity contribution in [3.8, 4) is 17.2 Å². The predicted molar refractivity (Wildman–Crippen MR) is 161 cm³/mol. The Morgan fingerprint density at radius 1 is 1.04 bits per heavy atom. The molecular weight excluding hydrogens is 598 g/mol. The van der Waals surface area contributed by atoms with E-state index in [0.29, 0.717) is 12.0 Å². The molecule has 46 heavy (non-hydrogen) atoms. The highest BCUT2D eigenvalue weighted by Crippen LogP contribution is 2.52.